The van der Waals surface area contributed by atoms with Gasteiger partial charge in [0, 0.05) is 0 Å². The van der Waals surface area contributed by atoms with E-state index in [1.54, 1.807) is 0 Å². The topological polar surface area (TPSA) is 40.5 Å². The van der Waals surface area contributed by atoms with E-state index in [0.717, 1.165) is 0 Å². The summed E-state index contributed by atoms with van der Waals surface area (Å²) in [6.45, 7) is 3.80. The standard InChI is InChI=1S/C12H13BF6O2/c1-10(2,3)8-6(11(14,15)16)4-5-7(12(17,18)19)9(8)13(20)21/h4-5,20-21H,1-3H3. The van der Waals surface area contributed by atoms with Gasteiger partial charge in [-0.25, -0.2) is 0 Å². The Hall–Kier alpha value is -1.22. The van der Waals surface area contributed by atoms with Crippen molar-refractivity contribution in [2.24, 2.45) is 0 Å². The van der Waals surface area contributed by atoms with Crippen LogP contribution >= 0.6 is 0 Å². The van der Waals surface area contributed by atoms with Crippen LogP contribution in [-0.2, 0) is 17.8 Å². The Morgan fingerprint density at radius 1 is 0.810 bits per heavy atom. The van der Waals surface area contributed by atoms with Crippen molar-refractivity contribution in [1.29, 1.82) is 0 Å². The SMILES string of the molecule is CC(C)(C)c1c(C(F)(F)F)ccc(C(F)(F)F)c1B(O)O. The predicted molar refractivity (Wildman–Crippen MR) is 65.0 cm³/mol. The zero-order chi connectivity index (χ0) is 16.8. The molecule has 9 heteroatoms. The van der Waals surface area contributed by atoms with Gasteiger partial charge in [-0.1, -0.05) is 20.8 Å². The number of halogens is 6. The van der Waals surface area contributed by atoms with Crippen molar-refractivity contribution < 1.29 is 36.4 Å². The molecule has 2 nitrogen and oxygen atoms in total. The average Bonchev–Trinajstić information content (AvgIpc) is 2.23. The van der Waals surface area contributed by atoms with Crippen LogP contribution in [0.3, 0.4) is 0 Å². The van der Waals surface area contributed by atoms with E-state index in [2.05, 4.69) is 0 Å². The smallest absolute Gasteiger partial charge is 0.423 e. The van der Waals surface area contributed by atoms with Gasteiger partial charge < -0.3 is 10.0 Å². The highest BCUT2D eigenvalue weighted by Crippen LogP contribution is 2.39. The summed E-state index contributed by atoms with van der Waals surface area (Å²) in [4.78, 5) is 0. The molecule has 0 radical (unpaired) electrons. The summed E-state index contributed by atoms with van der Waals surface area (Å²) >= 11 is 0. The molecule has 0 saturated carbocycles. The lowest BCUT2D eigenvalue weighted by Crippen LogP contribution is -2.43. The van der Waals surface area contributed by atoms with Gasteiger partial charge >= 0.3 is 19.5 Å². The van der Waals surface area contributed by atoms with Crippen molar-refractivity contribution >= 4 is 12.6 Å². The van der Waals surface area contributed by atoms with Crippen LogP contribution in [0.4, 0.5) is 26.3 Å². The first kappa shape index (κ1) is 17.8. The van der Waals surface area contributed by atoms with Crippen LogP contribution in [0.2, 0.25) is 0 Å². The summed E-state index contributed by atoms with van der Waals surface area (Å²) in [6.07, 6.45) is -9.90. The minimum atomic E-state index is -5.00. The van der Waals surface area contributed by atoms with Crippen molar-refractivity contribution in [3.05, 3.63) is 28.8 Å². The molecule has 0 fully saturated rings. The first-order valence-corrected chi connectivity index (χ1v) is 5.85. The molecular weight excluding hydrogens is 301 g/mol. The highest BCUT2D eigenvalue weighted by atomic mass is 19.4. The van der Waals surface area contributed by atoms with E-state index in [1.165, 1.54) is 20.8 Å². The second-order valence-corrected chi connectivity index (χ2v) is 5.57. The highest BCUT2D eigenvalue weighted by molar-refractivity contribution is 6.60. The number of hydrogen-bond donors (Lipinski definition) is 2. The van der Waals surface area contributed by atoms with Crippen LogP contribution in [0.1, 0.15) is 37.5 Å². The third kappa shape index (κ3) is 3.71. The second kappa shape index (κ2) is 5.21. The Morgan fingerprint density at radius 2 is 1.19 bits per heavy atom. The maximum atomic E-state index is 13.0. The van der Waals surface area contributed by atoms with Crippen LogP contribution in [0.15, 0.2) is 12.1 Å². The van der Waals surface area contributed by atoms with E-state index >= 15 is 0 Å². The third-order valence-corrected chi connectivity index (χ3v) is 2.86. The Bertz CT molecular complexity index is 528. The van der Waals surface area contributed by atoms with Crippen molar-refractivity contribution in [2.75, 3.05) is 0 Å². The van der Waals surface area contributed by atoms with Gasteiger partial charge in [-0.05, 0) is 28.6 Å². The third-order valence-electron chi connectivity index (χ3n) is 2.86. The van der Waals surface area contributed by atoms with Gasteiger partial charge in [-0.15, -0.1) is 0 Å². The maximum Gasteiger partial charge on any atom is 0.489 e. The molecule has 0 spiro atoms. The van der Waals surface area contributed by atoms with Crippen LogP contribution in [-0.4, -0.2) is 17.2 Å². The van der Waals surface area contributed by atoms with Crippen LogP contribution in [0.25, 0.3) is 0 Å². The molecule has 0 aromatic heterocycles. The molecule has 0 aliphatic heterocycles. The highest BCUT2D eigenvalue weighted by Gasteiger charge is 2.44. The molecule has 2 N–H and O–H groups in total. The summed E-state index contributed by atoms with van der Waals surface area (Å²) in [5, 5.41) is 18.4. The summed E-state index contributed by atoms with van der Waals surface area (Å²) in [7, 11) is -2.67. The molecule has 21 heavy (non-hydrogen) atoms. The van der Waals surface area contributed by atoms with Crippen molar-refractivity contribution in [3.63, 3.8) is 0 Å². The molecule has 1 aromatic carbocycles. The molecule has 118 valence electrons. The fourth-order valence-electron chi connectivity index (χ4n) is 2.18. The lowest BCUT2D eigenvalue weighted by Gasteiger charge is -2.29. The Kier molecular flexibility index (Phi) is 4.42. The average molecular weight is 314 g/mol. The molecule has 0 saturated heterocycles. The fourth-order valence-corrected chi connectivity index (χ4v) is 2.18. The van der Waals surface area contributed by atoms with Gasteiger partial charge in [-0.3, -0.25) is 0 Å². The van der Waals surface area contributed by atoms with E-state index in [0.29, 0.717) is 6.07 Å². The zero-order valence-electron chi connectivity index (χ0n) is 11.4. The van der Waals surface area contributed by atoms with E-state index in [9.17, 15) is 36.4 Å². The van der Waals surface area contributed by atoms with Crippen LogP contribution in [0.5, 0.6) is 0 Å². The predicted octanol–water partition coefficient (Wildman–Crippen LogP) is 2.70. The lowest BCUT2D eigenvalue weighted by molar-refractivity contribution is -0.141. The quantitative estimate of drug-likeness (QED) is 0.618. The molecule has 0 atom stereocenters. The van der Waals surface area contributed by atoms with Crippen molar-refractivity contribution in [1.82, 2.24) is 0 Å². The first-order chi connectivity index (χ1) is 9.17. The minimum Gasteiger partial charge on any atom is -0.423 e. The van der Waals surface area contributed by atoms with Gasteiger partial charge in [0.1, 0.15) is 0 Å². The molecule has 0 amide bonds. The molecule has 0 heterocycles. The Balaban J connectivity index is 3.90. The zero-order valence-corrected chi connectivity index (χ0v) is 11.4. The second-order valence-electron chi connectivity index (χ2n) is 5.57. The maximum absolute atomic E-state index is 13.0. The normalized spacial score (nSPS) is 13.5. The molecule has 1 aromatic rings. The Morgan fingerprint density at radius 3 is 1.48 bits per heavy atom. The molecule has 0 bridgehead atoms. The first-order valence-electron chi connectivity index (χ1n) is 5.85. The summed E-state index contributed by atoms with van der Waals surface area (Å²) in [6, 6.07) is 0.530. The van der Waals surface area contributed by atoms with E-state index in [4.69, 9.17) is 0 Å². The fraction of sp³-hybridized carbons (Fsp3) is 0.500. The van der Waals surface area contributed by atoms with Crippen LogP contribution < -0.4 is 5.46 Å². The van der Waals surface area contributed by atoms with Gasteiger partial charge in [0.2, 0.25) is 0 Å². The summed E-state index contributed by atoms with van der Waals surface area (Å²) in [5.74, 6) is 0. The van der Waals surface area contributed by atoms with Gasteiger partial charge in [-0.2, -0.15) is 26.3 Å². The van der Waals surface area contributed by atoms with Gasteiger partial charge in [0.25, 0.3) is 0 Å². The minimum absolute atomic E-state index is 0.215. The largest absolute Gasteiger partial charge is 0.489 e. The van der Waals surface area contributed by atoms with Crippen molar-refractivity contribution in [3.8, 4) is 0 Å². The Labute approximate surface area is 117 Å². The number of hydrogen-bond acceptors (Lipinski definition) is 2. The van der Waals surface area contributed by atoms with Crippen molar-refractivity contribution in [2.45, 2.75) is 38.5 Å². The molecule has 0 aliphatic carbocycles. The molecule has 0 unspecified atom stereocenters. The summed E-state index contributed by atoms with van der Waals surface area (Å²) < 4.78 is 77.7. The molecular formula is C12H13BF6O2. The van der Waals surface area contributed by atoms with E-state index < -0.39 is 47.0 Å². The van der Waals surface area contributed by atoms with Gasteiger partial charge in [0.15, 0.2) is 0 Å². The monoisotopic (exact) mass is 314 g/mol. The van der Waals surface area contributed by atoms with E-state index in [-0.39, 0.29) is 6.07 Å². The molecule has 0 aliphatic rings. The van der Waals surface area contributed by atoms with Gasteiger partial charge in [0.05, 0.1) is 11.1 Å². The molecule has 1 rings (SSSR count). The van der Waals surface area contributed by atoms with Crippen LogP contribution in [0, 0.1) is 0 Å². The van der Waals surface area contributed by atoms with E-state index in [1.807, 2.05) is 0 Å². The number of rotatable bonds is 1. The number of alkyl halides is 6. The lowest BCUT2D eigenvalue weighted by atomic mass is 9.66. The summed E-state index contributed by atoms with van der Waals surface area (Å²) in [5.41, 5.74) is -6.11. The number of benzene rings is 1.